The van der Waals surface area contributed by atoms with Crippen LogP contribution in [-0.4, -0.2) is 47.8 Å². The van der Waals surface area contributed by atoms with Crippen LogP contribution >= 0.6 is 0 Å². The number of aryl methyl sites for hydroxylation is 1. The first-order chi connectivity index (χ1) is 15.6. The second kappa shape index (κ2) is 10.8. The van der Waals surface area contributed by atoms with E-state index in [1.165, 1.54) is 18.4 Å². The maximum absolute atomic E-state index is 13.4. The molecule has 1 N–H and O–H groups in total. The predicted octanol–water partition coefficient (Wildman–Crippen LogP) is 4.79. The third-order valence-corrected chi connectivity index (χ3v) is 6.84. The molecular formula is C27H35N3O2. The molecule has 170 valence electrons. The molecule has 2 saturated heterocycles. The molecule has 4 rings (SSSR count). The van der Waals surface area contributed by atoms with Crippen LogP contribution in [0.15, 0.2) is 54.6 Å². The molecule has 0 bridgehead atoms. The largest absolute Gasteiger partial charge is 0.342 e. The van der Waals surface area contributed by atoms with Crippen molar-refractivity contribution in [1.82, 2.24) is 9.80 Å². The van der Waals surface area contributed by atoms with E-state index in [0.717, 1.165) is 63.1 Å². The van der Waals surface area contributed by atoms with Crippen LogP contribution in [0.4, 0.5) is 5.69 Å². The van der Waals surface area contributed by atoms with Gasteiger partial charge in [0.1, 0.15) is 6.04 Å². The zero-order valence-corrected chi connectivity index (χ0v) is 19.1. The molecule has 2 amide bonds. The van der Waals surface area contributed by atoms with Crippen LogP contribution in [0.3, 0.4) is 0 Å². The van der Waals surface area contributed by atoms with Crippen LogP contribution in [0, 0.1) is 12.8 Å². The number of benzene rings is 2. The lowest BCUT2D eigenvalue weighted by molar-refractivity contribution is -0.137. The first-order valence-corrected chi connectivity index (χ1v) is 12.1. The minimum Gasteiger partial charge on any atom is -0.342 e. The Hall–Kier alpha value is -2.66. The molecule has 2 aliphatic rings. The van der Waals surface area contributed by atoms with Crippen LogP contribution in [0.5, 0.6) is 0 Å². The number of piperidine rings is 1. The van der Waals surface area contributed by atoms with Crippen LogP contribution in [0.1, 0.15) is 55.7 Å². The van der Waals surface area contributed by atoms with Gasteiger partial charge in [0, 0.05) is 24.7 Å². The number of amides is 2. The molecule has 2 aliphatic heterocycles. The van der Waals surface area contributed by atoms with Gasteiger partial charge in [-0.05, 0) is 63.4 Å². The van der Waals surface area contributed by atoms with E-state index in [1.807, 2.05) is 61.5 Å². The number of rotatable bonds is 5. The highest BCUT2D eigenvalue weighted by atomic mass is 16.2. The molecule has 0 aromatic heterocycles. The summed E-state index contributed by atoms with van der Waals surface area (Å²) in [6.45, 7) is 5.36. The Morgan fingerprint density at radius 3 is 2.09 bits per heavy atom. The van der Waals surface area contributed by atoms with Crippen LogP contribution in [-0.2, 0) is 9.59 Å². The van der Waals surface area contributed by atoms with Gasteiger partial charge in [-0.3, -0.25) is 14.5 Å². The van der Waals surface area contributed by atoms with Gasteiger partial charge in [-0.2, -0.15) is 0 Å². The van der Waals surface area contributed by atoms with Gasteiger partial charge in [0.05, 0.1) is 0 Å². The lowest BCUT2D eigenvalue weighted by atomic mass is 9.92. The lowest BCUT2D eigenvalue weighted by Gasteiger charge is -2.38. The number of hydrogen-bond acceptors (Lipinski definition) is 3. The average molecular weight is 434 g/mol. The molecular weight excluding hydrogens is 398 g/mol. The van der Waals surface area contributed by atoms with Gasteiger partial charge in [0.25, 0.3) is 0 Å². The maximum Gasteiger partial charge on any atom is 0.246 e. The number of nitrogens with one attached hydrogen (secondary N) is 1. The van der Waals surface area contributed by atoms with Crippen molar-refractivity contribution in [1.29, 1.82) is 0 Å². The van der Waals surface area contributed by atoms with E-state index in [4.69, 9.17) is 0 Å². The molecule has 1 unspecified atom stereocenters. The van der Waals surface area contributed by atoms with Crippen molar-refractivity contribution in [2.45, 2.75) is 51.5 Å². The summed E-state index contributed by atoms with van der Waals surface area (Å²) in [5, 5.41) is 3.10. The molecule has 0 spiro atoms. The smallest absolute Gasteiger partial charge is 0.246 e. The van der Waals surface area contributed by atoms with Gasteiger partial charge in [-0.1, -0.05) is 60.9 Å². The number of likely N-dealkylation sites (tertiary alicyclic amines) is 2. The van der Waals surface area contributed by atoms with E-state index < -0.39 is 0 Å². The second-order valence-corrected chi connectivity index (χ2v) is 9.22. The van der Waals surface area contributed by atoms with Crippen LogP contribution in [0.25, 0.3) is 0 Å². The number of anilines is 1. The van der Waals surface area contributed by atoms with Gasteiger partial charge < -0.3 is 10.2 Å². The summed E-state index contributed by atoms with van der Waals surface area (Å²) in [4.78, 5) is 30.8. The summed E-state index contributed by atoms with van der Waals surface area (Å²) >= 11 is 0. The van der Waals surface area contributed by atoms with Gasteiger partial charge >= 0.3 is 0 Å². The highest BCUT2D eigenvalue weighted by molar-refractivity contribution is 5.95. The minimum absolute atomic E-state index is 0.0163. The maximum atomic E-state index is 13.4. The molecule has 2 aromatic carbocycles. The molecule has 5 nitrogen and oxygen atoms in total. The standard InChI is InChI=1S/C27H35N3O2/c1-21-11-13-24(14-12-21)28-26(31)25(22-9-5-4-6-10-22)29-19-15-23(16-20-29)27(32)30-17-7-2-3-8-18-30/h4-6,9-14,23,25H,2-3,7-8,15-20H2,1H3,(H,28,31). The molecule has 0 aliphatic carbocycles. The topological polar surface area (TPSA) is 52.7 Å². The predicted molar refractivity (Wildman–Crippen MR) is 128 cm³/mol. The molecule has 32 heavy (non-hydrogen) atoms. The number of hydrogen-bond donors (Lipinski definition) is 1. The molecule has 2 heterocycles. The Balaban J connectivity index is 1.43. The van der Waals surface area contributed by atoms with E-state index >= 15 is 0 Å². The normalized spacial score (nSPS) is 19.2. The number of carbonyl (C=O) groups is 2. The highest BCUT2D eigenvalue weighted by Crippen LogP contribution is 2.29. The molecule has 0 saturated carbocycles. The number of nitrogens with zero attached hydrogens (tertiary/aromatic N) is 2. The minimum atomic E-state index is -0.355. The summed E-state index contributed by atoms with van der Waals surface area (Å²) in [6, 6.07) is 17.5. The van der Waals surface area contributed by atoms with E-state index in [2.05, 4.69) is 15.1 Å². The Bertz CT molecular complexity index is 881. The number of carbonyl (C=O) groups excluding carboxylic acids is 2. The third-order valence-electron chi connectivity index (χ3n) is 6.84. The molecule has 2 fully saturated rings. The first-order valence-electron chi connectivity index (χ1n) is 12.1. The highest BCUT2D eigenvalue weighted by Gasteiger charge is 2.34. The van der Waals surface area contributed by atoms with Crippen molar-refractivity contribution >= 4 is 17.5 Å². The summed E-state index contributed by atoms with van der Waals surface area (Å²) in [5.74, 6) is 0.394. The van der Waals surface area contributed by atoms with E-state index in [1.54, 1.807) is 0 Å². The van der Waals surface area contributed by atoms with Crippen molar-refractivity contribution in [2.24, 2.45) is 5.92 Å². The molecule has 1 atom stereocenters. The van der Waals surface area contributed by atoms with Gasteiger partial charge in [0.2, 0.25) is 11.8 Å². The van der Waals surface area contributed by atoms with Gasteiger partial charge in [-0.15, -0.1) is 0 Å². The van der Waals surface area contributed by atoms with Gasteiger partial charge in [0.15, 0.2) is 0 Å². The summed E-state index contributed by atoms with van der Waals surface area (Å²) < 4.78 is 0. The fourth-order valence-electron chi connectivity index (χ4n) is 4.96. The van der Waals surface area contributed by atoms with Crippen LogP contribution in [0.2, 0.25) is 0 Å². The zero-order valence-electron chi connectivity index (χ0n) is 19.1. The van der Waals surface area contributed by atoms with Crippen molar-refractivity contribution in [3.63, 3.8) is 0 Å². The van der Waals surface area contributed by atoms with Crippen molar-refractivity contribution < 1.29 is 9.59 Å². The second-order valence-electron chi connectivity index (χ2n) is 9.22. The molecule has 5 heteroatoms. The molecule has 2 aromatic rings. The Morgan fingerprint density at radius 2 is 1.47 bits per heavy atom. The molecule has 0 radical (unpaired) electrons. The van der Waals surface area contributed by atoms with Crippen molar-refractivity contribution in [3.05, 3.63) is 65.7 Å². The Morgan fingerprint density at radius 1 is 0.844 bits per heavy atom. The zero-order chi connectivity index (χ0) is 22.3. The summed E-state index contributed by atoms with van der Waals surface area (Å²) in [6.07, 6.45) is 6.35. The quantitative estimate of drug-likeness (QED) is 0.738. The van der Waals surface area contributed by atoms with Crippen molar-refractivity contribution in [3.8, 4) is 0 Å². The van der Waals surface area contributed by atoms with E-state index in [9.17, 15) is 9.59 Å². The monoisotopic (exact) mass is 433 g/mol. The van der Waals surface area contributed by atoms with E-state index in [-0.39, 0.29) is 17.9 Å². The average Bonchev–Trinajstić information content (AvgIpc) is 3.11. The van der Waals surface area contributed by atoms with Crippen LogP contribution < -0.4 is 5.32 Å². The fourth-order valence-corrected chi connectivity index (χ4v) is 4.96. The lowest BCUT2D eigenvalue weighted by Crippen LogP contribution is -2.46. The Labute approximate surface area is 191 Å². The summed E-state index contributed by atoms with van der Waals surface area (Å²) in [7, 11) is 0. The summed E-state index contributed by atoms with van der Waals surface area (Å²) in [5.41, 5.74) is 2.97. The fraction of sp³-hybridized carbons (Fsp3) is 0.481. The van der Waals surface area contributed by atoms with Gasteiger partial charge in [-0.25, -0.2) is 0 Å². The van der Waals surface area contributed by atoms with E-state index in [0.29, 0.717) is 5.91 Å². The third kappa shape index (κ3) is 5.57. The van der Waals surface area contributed by atoms with Crippen molar-refractivity contribution in [2.75, 3.05) is 31.5 Å². The first kappa shape index (κ1) is 22.5. The SMILES string of the molecule is Cc1ccc(NC(=O)C(c2ccccc2)N2CCC(C(=O)N3CCCCCC3)CC2)cc1. The Kier molecular flexibility index (Phi) is 7.59.